The quantitative estimate of drug-likeness (QED) is 0.435. The zero-order chi connectivity index (χ0) is 13.8. The van der Waals surface area contributed by atoms with Crippen molar-refractivity contribution in [3.8, 4) is 0 Å². The van der Waals surface area contributed by atoms with Crippen molar-refractivity contribution in [2.75, 3.05) is 0 Å². The second-order valence-corrected chi connectivity index (χ2v) is 3.03. The van der Waals surface area contributed by atoms with E-state index in [1.54, 1.807) is 0 Å². The van der Waals surface area contributed by atoms with Crippen LogP contribution in [0.2, 0.25) is 0 Å². The largest absolute Gasteiger partial charge is 0.478 e. The topological polar surface area (TPSA) is 99.7 Å². The predicted octanol–water partition coefficient (Wildman–Crippen LogP) is 0.380. The Kier molecular flexibility index (Phi) is 3.97. The van der Waals surface area contributed by atoms with Gasteiger partial charge in [-0.1, -0.05) is 0 Å². The first-order valence-corrected chi connectivity index (χ1v) is 4.55. The number of allylic oxidation sites excluding steroid dienone is 1. The smallest absolute Gasteiger partial charge is 0.434 e. The molecule has 0 spiro atoms. The van der Waals surface area contributed by atoms with Crippen molar-refractivity contribution < 1.29 is 23.1 Å². The molecule has 1 aliphatic rings. The van der Waals surface area contributed by atoms with Crippen LogP contribution in [-0.2, 0) is 4.79 Å². The number of hydrogen-bond donors (Lipinski definition) is 4. The van der Waals surface area contributed by atoms with E-state index in [4.69, 9.17) is 10.8 Å². The Morgan fingerprint density at radius 3 is 2.50 bits per heavy atom. The van der Waals surface area contributed by atoms with Crippen LogP contribution in [-0.4, -0.2) is 23.0 Å². The third-order valence-corrected chi connectivity index (χ3v) is 1.80. The highest BCUT2D eigenvalue weighted by Gasteiger charge is 2.40. The zero-order valence-corrected chi connectivity index (χ0v) is 8.82. The van der Waals surface area contributed by atoms with Gasteiger partial charge in [0.2, 0.25) is 0 Å². The van der Waals surface area contributed by atoms with Gasteiger partial charge in [-0.3, -0.25) is 0 Å². The average Bonchev–Trinajstić information content (AvgIpc) is 2.28. The van der Waals surface area contributed by atoms with E-state index in [9.17, 15) is 18.0 Å². The van der Waals surface area contributed by atoms with Crippen molar-refractivity contribution in [1.29, 1.82) is 0 Å². The molecule has 0 atom stereocenters. The van der Waals surface area contributed by atoms with Gasteiger partial charge in [0, 0.05) is 18.6 Å². The lowest BCUT2D eigenvalue weighted by molar-refractivity contribution is -0.132. The number of hydrazine groups is 1. The second kappa shape index (κ2) is 5.25. The van der Waals surface area contributed by atoms with Gasteiger partial charge < -0.3 is 21.7 Å². The first kappa shape index (κ1) is 13.6. The lowest BCUT2D eigenvalue weighted by Gasteiger charge is -2.12. The molecular formula is C9H9F3N4O2. The normalized spacial score (nSPS) is 16.7. The summed E-state index contributed by atoms with van der Waals surface area (Å²) in [6.07, 6.45) is -0.893. The highest BCUT2D eigenvalue weighted by Crippen LogP contribution is 2.24. The monoisotopic (exact) mass is 262 g/mol. The van der Waals surface area contributed by atoms with E-state index in [0.717, 1.165) is 6.20 Å². The number of nitrogens with two attached hydrogens (primary N) is 1. The van der Waals surface area contributed by atoms with Gasteiger partial charge in [0.25, 0.3) is 0 Å². The number of carbonyl (C=O) groups is 1. The predicted molar refractivity (Wildman–Crippen MR) is 56.9 cm³/mol. The van der Waals surface area contributed by atoms with Crippen LogP contribution < -0.4 is 16.6 Å². The molecule has 0 aromatic carbocycles. The minimum absolute atomic E-state index is 0.0957. The standard InChI is InChI=1S/C9H9F3N4O2/c10-9(11,12)7(6(3-13)8(17)18)16-5-1-2-14-15-4-5/h1-4,14-15H,13H2,(H,17,18). The van der Waals surface area contributed by atoms with Crippen LogP contribution in [0.4, 0.5) is 13.2 Å². The number of aliphatic carboxylic acids is 1. The maximum absolute atomic E-state index is 12.7. The van der Waals surface area contributed by atoms with Crippen LogP contribution in [0.1, 0.15) is 0 Å². The lowest BCUT2D eigenvalue weighted by Crippen LogP contribution is -2.30. The molecule has 0 aliphatic carbocycles. The average molecular weight is 262 g/mol. The van der Waals surface area contributed by atoms with Crippen LogP contribution >= 0.6 is 0 Å². The first-order chi connectivity index (χ1) is 8.36. The molecule has 0 aromatic heterocycles. The Morgan fingerprint density at radius 1 is 1.44 bits per heavy atom. The molecule has 1 heterocycles. The van der Waals surface area contributed by atoms with Crippen molar-refractivity contribution in [1.82, 2.24) is 10.9 Å². The van der Waals surface area contributed by atoms with Crippen molar-refractivity contribution in [2.45, 2.75) is 6.18 Å². The van der Waals surface area contributed by atoms with E-state index in [1.807, 2.05) is 0 Å². The van der Waals surface area contributed by atoms with Crippen LogP contribution in [0.3, 0.4) is 0 Å². The minimum Gasteiger partial charge on any atom is -0.478 e. The molecule has 1 rings (SSSR count). The van der Waals surface area contributed by atoms with Gasteiger partial charge >= 0.3 is 12.1 Å². The Balaban J connectivity index is 3.22. The number of halogens is 3. The van der Waals surface area contributed by atoms with Crippen LogP contribution in [0.5, 0.6) is 0 Å². The molecule has 9 heteroatoms. The minimum atomic E-state index is -4.93. The molecule has 18 heavy (non-hydrogen) atoms. The molecule has 0 bridgehead atoms. The summed E-state index contributed by atoms with van der Waals surface area (Å²) in [6, 6.07) is 0. The number of carboxylic acids is 1. The molecule has 1 aliphatic heterocycles. The van der Waals surface area contributed by atoms with Gasteiger partial charge in [-0.25, -0.2) is 9.79 Å². The van der Waals surface area contributed by atoms with Crippen molar-refractivity contribution in [2.24, 2.45) is 10.7 Å². The third-order valence-electron chi connectivity index (χ3n) is 1.80. The number of carboxylic acid groups (broad SMARTS) is 1. The second-order valence-electron chi connectivity index (χ2n) is 3.03. The van der Waals surface area contributed by atoms with Crippen molar-refractivity contribution in [3.63, 3.8) is 0 Å². The Bertz CT molecular complexity index is 463. The van der Waals surface area contributed by atoms with Crippen LogP contribution in [0.15, 0.2) is 40.9 Å². The van der Waals surface area contributed by atoms with Gasteiger partial charge in [-0.15, -0.1) is 0 Å². The highest BCUT2D eigenvalue weighted by molar-refractivity contribution is 6.21. The van der Waals surface area contributed by atoms with Gasteiger partial charge in [0.15, 0.2) is 5.71 Å². The number of aliphatic imine (C=N–C) groups is 1. The Labute approximate surface area is 99.3 Å². The summed E-state index contributed by atoms with van der Waals surface area (Å²) in [7, 11) is 0. The summed E-state index contributed by atoms with van der Waals surface area (Å²) in [5, 5.41) is 8.64. The fourth-order valence-corrected chi connectivity index (χ4v) is 1.07. The summed E-state index contributed by atoms with van der Waals surface area (Å²) in [6.45, 7) is 0. The van der Waals surface area contributed by atoms with E-state index >= 15 is 0 Å². The van der Waals surface area contributed by atoms with Gasteiger partial charge in [0.1, 0.15) is 5.57 Å². The molecule has 6 nitrogen and oxygen atoms in total. The van der Waals surface area contributed by atoms with Crippen LogP contribution in [0.25, 0.3) is 0 Å². The summed E-state index contributed by atoms with van der Waals surface area (Å²) in [5.74, 6) is -1.81. The van der Waals surface area contributed by atoms with Crippen LogP contribution in [0, 0.1) is 0 Å². The molecule has 0 fully saturated rings. The molecular weight excluding hydrogens is 253 g/mol. The Morgan fingerprint density at radius 2 is 2.11 bits per heavy atom. The number of nitrogens with zero attached hydrogens (tertiary/aromatic N) is 1. The first-order valence-electron chi connectivity index (χ1n) is 4.55. The number of nitrogens with one attached hydrogen (secondary N) is 2. The SMILES string of the molecule is NC=C(C(=O)O)C(=NC1=CNNC=C1)C(F)(F)F. The van der Waals surface area contributed by atoms with E-state index in [-0.39, 0.29) is 5.70 Å². The van der Waals surface area contributed by atoms with E-state index in [1.165, 1.54) is 12.3 Å². The highest BCUT2D eigenvalue weighted by atomic mass is 19.4. The van der Waals surface area contributed by atoms with E-state index in [2.05, 4.69) is 15.8 Å². The summed E-state index contributed by atoms with van der Waals surface area (Å²) < 4.78 is 38.1. The number of rotatable bonds is 3. The summed E-state index contributed by atoms with van der Waals surface area (Å²) in [4.78, 5) is 13.9. The lowest BCUT2D eigenvalue weighted by atomic mass is 10.1. The maximum Gasteiger partial charge on any atom is 0.434 e. The van der Waals surface area contributed by atoms with Crippen molar-refractivity contribution in [3.05, 3.63) is 35.9 Å². The maximum atomic E-state index is 12.7. The molecule has 5 N–H and O–H groups in total. The molecule has 0 amide bonds. The van der Waals surface area contributed by atoms with Crippen molar-refractivity contribution >= 4 is 11.7 Å². The van der Waals surface area contributed by atoms with E-state index in [0.29, 0.717) is 6.20 Å². The summed E-state index contributed by atoms with van der Waals surface area (Å²) in [5.41, 5.74) is 6.99. The molecule has 0 radical (unpaired) electrons. The fraction of sp³-hybridized carbons (Fsp3) is 0.111. The number of hydrogen-bond acceptors (Lipinski definition) is 5. The van der Waals surface area contributed by atoms with Gasteiger partial charge in [0.05, 0.1) is 5.70 Å². The van der Waals surface area contributed by atoms with E-state index < -0.39 is 23.4 Å². The van der Waals surface area contributed by atoms with Gasteiger partial charge in [-0.2, -0.15) is 13.2 Å². The molecule has 0 saturated carbocycles. The van der Waals surface area contributed by atoms with Gasteiger partial charge in [-0.05, 0) is 6.08 Å². The molecule has 98 valence electrons. The summed E-state index contributed by atoms with van der Waals surface area (Å²) >= 11 is 0. The fourth-order valence-electron chi connectivity index (χ4n) is 1.07. The Hall–Kier alpha value is -2.45. The molecule has 0 unspecified atom stereocenters. The molecule has 0 saturated heterocycles. The molecule has 0 aromatic rings. The third kappa shape index (κ3) is 3.27. The zero-order valence-electron chi connectivity index (χ0n) is 8.82. The number of alkyl halides is 3.